The molecule has 0 aliphatic heterocycles. The minimum absolute atomic E-state index is 0.266. The van der Waals surface area contributed by atoms with Crippen LogP contribution in [-0.2, 0) is 4.74 Å². The van der Waals surface area contributed by atoms with E-state index < -0.39 is 0 Å². The number of ether oxygens (including phenoxy) is 2. The van der Waals surface area contributed by atoms with Gasteiger partial charge in [0.05, 0.1) is 6.61 Å². The molecule has 0 aromatic heterocycles. The van der Waals surface area contributed by atoms with Crippen molar-refractivity contribution < 1.29 is 9.47 Å². The molecule has 0 aliphatic rings. The highest BCUT2D eigenvalue weighted by atomic mass is 127. The summed E-state index contributed by atoms with van der Waals surface area (Å²) in [6, 6.07) is 9.80. The molecule has 1 unspecified atom stereocenters. The van der Waals surface area contributed by atoms with E-state index in [1.54, 1.807) is 0 Å². The quantitative estimate of drug-likeness (QED) is 0.454. The Morgan fingerprint density at radius 2 is 1.80 bits per heavy atom. The second kappa shape index (κ2) is 7.06. The van der Waals surface area contributed by atoms with Gasteiger partial charge in [-0.3, -0.25) is 0 Å². The molecule has 0 aliphatic carbocycles. The predicted molar refractivity (Wildman–Crippen MR) is 70.5 cm³/mol. The molecule has 1 aromatic rings. The third-order valence-electron chi connectivity index (χ3n) is 1.90. The Balaban J connectivity index is 2.12. The molecule has 0 bridgehead atoms. The average molecular weight is 320 g/mol. The van der Waals surface area contributed by atoms with E-state index >= 15 is 0 Å². The zero-order valence-electron chi connectivity index (χ0n) is 9.15. The fourth-order valence-corrected chi connectivity index (χ4v) is 1.28. The lowest BCUT2D eigenvalue weighted by Crippen LogP contribution is -2.16. The highest BCUT2D eigenvalue weighted by Gasteiger charge is 2.08. The second-order valence-corrected chi connectivity index (χ2v) is 4.86. The van der Waals surface area contributed by atoms with Gasteiger partial charge in [-0.1, -0.05) is 54.6 Å². The number of benzene rings is 1. The summed E-state index contributed by atoms with van der Waals surface area (Å²) in [6.07, 6.45) is 0. The normalized spacial score (nSPS) is 12.8. The summed E-state index contributed by atoms with van der Waals surface area (Å²) in [5.41, 5.74) is 0. The zero-order chi connectivity index (χ0) is 11.1. The maximum absolute atomic E-state index is 5.59. The third-order valence-corrected chi connectivity index (χ3v) is 3.69. The molecule has 3 heteroatoms. The van der Waals surface area contributed by atoms with Gasteiger partial charge in [0.25, 0.3) is 0 Å². The molecular formula is C12H17IO2. The van der Waals surface area contributed by atoms with E-state index in [-0.39, 0.29) is 4.11 Å². The van der Waals surface area contributed by atoms with Crippen LogP contribution >= 0.6 is 22.6 Å². The van der Waals surface area contributed by atoms with Crippen LogP contribution in [0.25, 0.3) is 0 Å². The summed E-state index contributed by atoms with van der Waals surface area (Å²) in [5, 5.41) is 0. The van der Waals surface area contributed by atoms with Crippen LogP contribution in [0.15, 0.2) is 30.3 Å². The first-order chi connectivity index (χ1) is 7.20. The fraction of sp³-hybridized carbons (Fsp3) is 0.500. The zero-order valence-corrected chi connectivity index (χ0v) is 11.3. The highest BCUT2D eigenvalue weighted by Crippen LogP contribution is 2.14. The van der Waals surface area contributed by atoms with Gasteiger partial charge in [-0.25, -0.2) is 0 Å². The summed E-state index contributed by atoms with van der Waals surface area (Å²) in [6.45, 7) is 5.54. The van der Waals surface area contributed by atoms with Crippen LogP contribution < -0.4 is 4.74 Å². The minimum atomic E-state index is 0.266. The Morgan fingerprint density at radius 3 is 2.40 bits per heavy atom. The molecule has 0 saturated carbocycles. The van der Waals surface area contributed by atoms with Crippen LogP contribution in [0.2, 0.25) is 0 Å². The van der Waals surface area contributed by atoms with Crippen LogP contribution in [0.1, 0.15) is 13.8 Å². The Labute approximate surface area is 105 Å². The van der Waals surface area contributed by atoms with Crippen LogP contribution in [-0.4, -0.2) is 17.3 Å². The van der Waals surface area contributed by atoms with Crippen LogP contribution in [0.3, 0.4) is 0 Å². The summed E-state index contributed by atoms with van der Waals surface area (Å²) < 4.78 is 11.4. The van der Waals surface area contributed by atoms with Crippen molar-refractivity contribution in [2.24, 2.45) is 5.92 Å². The molecule has 15 heavy (non-hydrogen) atoms. The summed E-state index contributed by atoms with van der Waals surface area (Å²) >= 11 is 2.31. The minimum Gasteiger partial charge on any atom is -0.491 e. The molecule has 1 aromatic carbocycles. The molecular weight excluding hydrogens is 303 g/mol. The van der Waals surface area contributed by atoms with Crippen molar-refractivity contribution in [1.82, 2.24) is 0 Å². The van der Waals surface area contributed by atoms with E-state index in [0.717, 1.165) is 5.75 Å². The number of para-hydroxylation sites is 1. The van der Waals surface area contributed by atoms with Crippen molar-refractivity contribution in [3.63, 3.8) is 0 Å². The Hall–Kier alpha value is -0.290. The maximum Gasteiger partial charge on any atom is 0.119 e. The van der Waals surface area contributed by atoms with Crippen molar-refractivity contribution in [2.45, 2.75) is 18.0 Å². The fourth-order valence-electron chi connectivity index (χ4n) is 1.03. The lowest BCUT2D eigenvalue weighted by Gasteiger charge is -2.15. The third kappa shape index (κ3) is 5.37. The van der Waals surface area contributed by atoms with Crippen LogP contribution in [0.4, 0.5) is 0 Å². The molecule has 0 fully saturated rings. The lowest BCUT2D eigenvalue weighted by atomic mass is 10.2. The van der Waals surface area contributed by atoms with E-state index in [9.17, 15) is 0 Å². The topological polar surface area (TPSA) is 18.5 Å². The molecule has 0 heterocycles. The first kappa shape index (κ1) is 12.8. The Bertz CT molecular complexity index is 262. The van der Waals surface area contributed by atoms with Crippen molar-refractivity contribution in [2.75, 3.05) is 13.2 Å². The first-order valence-electron chi connectivity index (χ1n) is 5.13. The summed E-state index contributed by atoms with van der Waals surface area (Å²) in [5.74, 6) is 1.44. The lowest BCUT2D eigenvalue weighted by molar-refractivity contribution is 0.0699. The van der Waals surface area contributed by atoms with Gasteiger partial charge in [0.1, 0.15) is 16.5 Å². The molecule has 0 N–H and O–H groups in total. The van der Waals surface area contributed by atoms with Crippen molar-refractivity contribution in [3.05, 3.63) is 30.3 Å². The maximum atomic E-state index is 5.59. The molecule has 2 nitrogen and oxygen atoms in total. The number of hydrogen-bond acceptors (Lipinski definition) is 2. The molecule has 0 spiro atoms. The van der Waals surface area contributed by atoms with E-state index in [4.69, 9.17) is 9.47 Å². The van der Waals surface area contributed by atoms with Crippen LogP contribution in [0, 0.1) is 5.92 Å². The van der Waals surface area contributed by atoms with Gasteiger partial charge >= 0.3 is 0 Å². The standard InChI is InChI=1S/C12H17IO2/c1-10(2)12(13)15-9-8-14-11-6-4-3-5-7-11/h3-7,10,12H,8-9H2,1-2H3. The Morgan fingerprint density at radius 1 is 1.13 bits per heavy atom. The smallest absolute Gasteiger partial charge is 0.119 e. The largest absolute Gasteiger partial charge is 0.491 e. The molecule has 84 valence electrons. The van der Waals surface area contributed by atoms with E-state index in [0.29, 0.717) is 19.1 Å². The summed E-state index contributed by atoms with van der Waals surface area (Å²) in [7, 11) is 0. The second-order valence-electron chi connectivity index (χ2n) is 3.63. The molecule has 0 radical (unpaired) electrons. The number of alkyl halides is 1. The average Bonchev–Trinajstić information content (AvgIpc) is 2.25. The van der Waals surface area contributed by atoms with E-state index in [2.05, 4.69) is 36.4 Å². The van der Waals surface area contributed by atoms with Gasteiger partial charge in [-0.15, -0.1) is 0 Å². The number of halogens is 1. The monoisotopic (exact) mass is 320 g/mol. The van der Waals surface area contributed by atoms with Crippen molar-refractivity contribution in [3.8, 4) is 5.75 Å². The summed E-state index contributed by atoms with van der Waals surface area (Å²) in [4.78, 5) is 0. The first-order valence-corrected chi connectivity index (χ1v) is 6.38. The highest BCUT2D eigenvalue weighted by molar-refractivity contribution is 14.1. The van der Waals surface area contributed by atoms with Gasteiger partial charge in [0, 0.05) is 0 Å². The van der Waals surface area contributed by atoms with Gasteiger partial charge in [-0.05, 0) is 18.1 Å². The van der Waals surface area contributed by atoms with Gasteiger partial charge in [-0.2, -0.15) is 0 Å². The molecule has 1 rings (SSSR count). The molecule has 0 amide bonds. The number of hydrogen-bond donors (Lipinski definition) is 0. The van der Waals surface area contributed by atoms with Gasteiger partial charge < -0.3 is 9.47 Å². The Kier molecular flexibility index (Phi) is 6.02. The van der Waals surface area contributed by atoms with Gasteiger partial charge in [0.15, 0.2) is 0 Å². The predicted octanol–water partition coefficient (Wildman–Crippen LogP) is 3.50. The van der Waals surface area contributed by atoms with E-state index in [1.165, 1.54) is 0 Å². The molecule has 1 atom stereocenters. The van der Waals surface area contributed by atoms with Crippen LogP contribution in [0.5, 0.6) is 5.75 Å². The van der Waals surface area contributed by atoms with Gasteiger partial charge in [0.2, 0.25) is 0 Å². The van der Waals surface area contributed by atoms with Crippen molar-refractivity contribution in [1.29, 1.82) is 0 Å². The molecule has 0 saturated heterocycles. The van der Waals surface area contributed by atoms with E-state index in [1.807, 2.05) is 30.3 Å². The number of rotatable bonds is 6. The SMILES string of the molecule is CC(C)C(I)OCCOc1ccccc1. The van der Waals surface area contributed by atoms with Crippen molar-refractivity contribution >= 4 is 22.6 Å².